The van der Waals surface area contributed by atoms with E-state index in [4.69, 9.17) is 4.74 Å². The van der Waals surface area contributed by atoms with E-state index in [-0.39, 0.29) is 41.1 Å². The van der Waals surface area contributed by atoms with E-state index in [2.05, 4.69) is 4.98 Å². The van der Waals surface area contributed by atoms with Crippen LogP contribution in [-0.4, -0.2) is 64.2 Å². The average Bonchev–Trinajstić information content (AvgIpc) is 2.95. The second-order valence-electron chi connectivity index (χ2n) is 10.9. The van der Waals surface area contributed by atoms with E-state index in [9.17, 15) is 32.4 Å². The Labute approximate surface area is 246 Å². The number of fused-ring (bicyclic) bond motifs is 1. The number of amides is 1. The molecule has 1 unspecified atom stereocenters. The fourth-order valence-corrected chi connectivity index (χ4v) is 5.69. The molecule has 0 radical (unpaired) electrons. The number of alkyl halides is 4. The zero-order valence-corrected chi connectivity index (χ0v) is 24.0. The van der Waals surface area contributed by atoms with Gasteiger partial charge in [-0.25, -0.2) is 4.39 Å². The SMILES string of the molecule is CCOc1cc(C(C)N2CCc3c(cc(CCN4CC(F)C4)cc3-c3cn(C)c(=O)cc3C(F)(F)F)C2=O)ncc1C#N. The Morgan fingerprint density at radius 3 is 2.51 bits per heavy atom. The van der Waals surface area contributed by atoms with Gasteiger partial charge in [0.1, 0.15) is 23.6 Å². The molecule has 43 heavy (non-hydrogen) atoms. The first-order chi connectivity index (χ1) is 20.4. The highest BCUT2D eigenvalue weighted by Gasteiger charge is 2.37. The monoisotopic (exact) mass is 597 g/mol. The Balaban J connectivity index is 1.58. The van der Waals surface area contributed by atoms with Crippen LogP contribution < -0.4 is 10.3 Å². The van der Waals surface area contributed by atoms with Gasteiger partial charge in [0.2, 0.25) is 0 Å². The third kappa shape index (κ3) is 5.99. The molecule has 0 N–H and O–H groups in total. The number of aromatic nitrogens is 2. The standard InChI is InChI=1S/C31H31F4N5O3/c1-4-43-28-12-27(37-14-20(28)13-36)18(2)40-8-6-22-23(25-17-38(3)29(41)11-26(25)31(33,34)35)9-19(10-24(22)30(40)42)5-7-39-15-21(32)16-39/h9-12,14,17-18,21H,4-8,15-16H2,1-3H3. The minimum Gasteiger partial charge on any atom is -0.492 e. The van der Waals surface area contributed by atoms with Crippen molar-refractivity contribution in [2.24, 2.45) is 7.05 Å². The van der Waals surface area contributed by atoms with Gasteiger partial charge < -0.3 is 14.2 Å². The number of ether oxygens (including phenoxy) is 1. The fraction of sp³-hybridized carbons (Fsp3) is 0.419. The number of benzene rings is 1. The van der Waals surface area contributed by atoms with Crippen LogP contribution in [0.1, 0.15) is 58.2 Å². The molecule has 226 valence electrons. The molecule has 1 fully saturated rings. The molecule has 0 bridgehead atoms. The first-order valence-electron chi connectivity index (χ1n) is 14.1. The Hall–Kier alpha value is -4.24. The maximum atomic E-state index is 14.2. The highest BCUT2D eigenvalue weighted by atomic mass is 19.4. The lowest BCUT2D eigenvalue weighted by Gasteiger charge is -2.36. The van der Waals surface area contributed by atoms with Crippen molar-refractivity contribution in [1.29, 1.82) is 5.26 Å². The topological polar surface area (TPSA) is 91.5 Å². The van der Waals surface area contributed by atoms with E-state index in [1.54, 1.807) is 36.9 Å². The summed E-state index contributed by atoms with van der Waals surface area (Å²) in [5.74, 6) is -0.0146. The van der Waals surface area contributed by atoms with Gasteiger partial charge in [-0.2, -0.15) is 18.4 Å². The van der Waals surface area contributed by atoms with Crippen molar-refractivity contribution >= 4 is 5.91 Å². The Kier molecular flexibility index (Phi) is 8.29. The summed E-state index contributed by atoms with van der Waals surface area (Å²) in [6, 6.07) is 7.09. The molecule has 2 aromatic heterocycles. The number of hydrogen-bond donors (Lipinski definition) is 0. The van der Waals surface area contributed by atoms with Crippen molar-refractivity contribution in [2.45, 2.75) is 45.1 Å². The number of pyridine rings is 2. The van der Waals surface area contributed by atoms with Crippen LogP contribution in [0.3, 0.4) is 0 Å². The van der Waals surface area contributed by atoms with E-state index in [0.717, 1.165) is 4.57 Å². The molecule has 12 heteroatoms. The summed E-state index contributed by atoms with van der Waals surface area (Å²) in [7, 11) is 1.38. The lowest BCUT2D eigenvalue weighted by molar-refractivity contribution is -0.137. The maximum absolute atomic E-state index is 14.2. The van der Waals surface area contributed by atoms with E-state index < -0.39 is 29.5 Å². The maximum Gasteiger partial charge on any atom is 0.417 e. The lowest BCUT2D eigenvalue weighted by Crippen LogP contribution is -2.48. The van der Waals surface area contributed by atoms with Crippen LogP contribution in [0.15, 0.2) is 41.5 Å². The predicted molar refractivity (Wildman–Crippen MR) is 150 cm³/mol. The molecule has 0 spiro atoms. The molecule has 0 saturated carbocycles. The summed E-state index contributed by atoms with van der Waals surface area (Å²) < 4.78 is 62.7. The average molecular weight is 598 g/mol. The number of rotatable bonds is 8. The third-order valence-electron chi connectivity index (χ3n) is 8.06. The van der Waals surface area contributed by atoms with Crippen LogP contribution in [0, 0.1) is 11.3 Å². The highest BCUT2D eigenvalue weighted by molar-refractivity contribution is 5.99. The molecule has 1 aromatic carbocycles. The molecule has 3 aromatic rings. The van der Waals surface area contributed by atoms with Crippen LogP contribution in [0.2, 0.25) is 0 Å². The third-order valence-corrected chi connectivity index (χ3v) is 8.06. The smallest absolute Gasteiger partial charge is 0.417 e. The van der Waals surface area contributed by atoms with Gasteiger partial charge in [0.05, 0.1) is 23.9 Å². The predicted octanol–water partition coefficient (Wildman–Crippen LogP) is 4.69. The molecule has 1 atom stereocenters. The Morgan fingerprint density at radius 2 is 1.86 bits per heavy atom. The zero-order chi connectivity index (χ0) is 31.1. The number of carbonyl (C=O) groups excluding carboxylic acids is 1. The highest BCUT2D eigenvalue weighted by Crippen LogP contribution is 2.41. The van der Waals surface area contributed by atoms with Gasteiger partial charge in [-0.1, -0.05) is 6.07 Å². The van der Waals surface area contributed by atoms with Crippen molar-refractivity contribution in [1.82, 2.24) is 19.4 Å². The summed E-state index contributed by atoms with van der Waals surface area (Å²) in [5, 5.41) is 9.39. The molecule has 8 nitrogen and oxygen atoms in total. The van der Waals surface area contributed by atoms with E-state index >= 15 is 0 Å². The summed E-state index contributed by atoms with van der Waals surface area (Å²) >= 11 is 0. The quantitative estimate of drug-likeness (QED) is 0.350. The van der Waals surface area contributed by atoms with E-state index in [1.807, 2.05) is 11.0 Å². The van der Waals surface area contributed by atoms with Gasteiger partial charge >= 0.3 is 6.18 Å². The minimum absolute atomic E-state index is 0.176. The molecule has 0 aliphatic carbocycles. The van der Waals surface area contributed by atoms with Gasteiger partial charge in [-0.3, -0.25) is 19.5 Å². The normalized spacial score (nSPS) is 16.4. The van der Waals surface area contributed by atoms with Crippen LogP contribution in [0.25, 0.3) is 11.1 Å². The van der Waals surface area contributed by atoms with Crippen molar-refractivity contribution in [3.05, 3.63) is 80.5 Å². The number of aryl methyl sites for hydroxylation is 1. The van der Waals surface area contributed by atoms with Crippen molar-refractivity contribution in [3.8, 4) is 22.9 Å². The molecule has 1 saturated heterocycles. The van der Waals surface area contributed by atoms with Gasteiger partial charge in [0, 0.05) is 68.9 Å². The van der Waals surface area contributed by atoms with Gasteiger partial charge in [-0.15, -0.1) is 0 Å². The lowest BCUT2D eigenvalue weighted by atomic mass is 9.86. The van der Waals surface area contributed by atoms with Crippen LogP contribution in [0.5, 0.6) is 5.75 Å². The second-order valence-corrected chi connectivity index (χ2v) is 10.9. The van der Waals surface area contributed by atoms with E-state index in [1.165, 1.54) is 19.4 Å². The molecule has 2 aliphatic rings. The van der Waals surface area contributed by atoms with Crippen LogP contribution in [0.4, 0.5) is 17.6 Å². The molecule has 4 heterocycles. The number of carbonyl (C=O) groups is 1. The molecule has 5 rings (SSSR count). The summed E-state index contributed by atoms with van der Waals surface area (Å²) in [5.41, 5.74) is 0.366. The molecule has 2 aliphatic heterocycles. The number of hydrogen-bond acceptors (Lipinski definition) is 6. The zero-order valence-electron chi connectivity index (χ0n) is 24.0. The van der Waals surface area contributed by atoms with E-state index in [0.29, 0.717) is 61.3 Å². The summed E-state index contributed by atoms with van der Waals surface area (Å²) in [4.78, 5) is 34.1. The Morgan fingerprint density at radius 1 is 1.14 bits per heavy atom. The summed E-state index contributed by atoms with van der Waals surface area (Å²) in [6.07, 6.45) is -2.45. The number of halogens is 4. The molecule has 1 amide bonds. The van der Waals surface area contributed by atoms with Crippen molar-refractivity contribution in [2.75, 3.05) is 32.8 Å². The van der Waals surface area contributed by atoms with Crippen molar-refractivity contribution in [3.63, 3.8) is 0 Å². The van der Waals surface area contributed by atoms with Gasteiger partial charge in [-0.05, 0) is 49.4 Å². The molecular formula is C31H31F4N5O3. The first-order valence-corrected chi connectivity index (χ1v) is 14.1. The van der Waals surface area contributed by atoms with Crippen LogP contribution in [-0.2, 0) is 26.1 Å². The number of likely N-dealkylation sites (tertiary alicyclic amines) is 1. The van der Waals surface area contributed by atoms with Gasteiger partial charge in [0.25, 0.3) is 11.5 Å². The molecular weight excluding hydrogens is 566 g/mol. The minimum atomic E-state index is -4.79. The largest absolute Gasteiger partial charge is 0.492 e. The first kappa shape index (κ1) is 30.2. The number of nitriles is 1. The van der Waals surface area contributed by atoms with Gasteiger partial charge in [0.15, 0.2) is 0 Å². The fourth-order valence-electron chi connectivity index (χ4n) is 5.69. The Bertz CT molecular complexity index is 1660. The van der Waals surface area contributed by atoms with Crippen molar-refractivity contribution < 1.29 is 27.1 Å². The van der Waals surface area contributed by atoms with Crippen LogP contribution >= 0.6 is 0 Å². The number of nitrogens with zero attached hydrogens (tertiary/aromatic N) is 5. The second kappa shape index (κ2) is 11.8. The summed E-state index contributed by atoms with van der Waals surface area (Å²) in [6.45, 7) is 5.21.